The third kappa shape index (κ3) is 7.87. The van der Waals surface area contributed by atoms with E-state index in [0.717, 1.165) is 25.2 Å². The Hall–Kier alpha value is -1.76. The third-order valence-corrected chi connectivity index (χ3v) is 3.46. The Morgan fingerprint density at radius 3 is 1.77 bits per heavy atom. The maximum absolute atomic E-state index is 5.74. The fourth-order valence-corrected chi connectivity index (χ4v) is 1.97. The zero-order chi connectivity index (χ0) is 16.0. The van der Waals surface area contributed by atoms with Crippen LogP contribution in [-0.4, -0.2) is 6.61 Å². The maximum Gasteiger partial charge on any atom is 0.119 e. The highest BCUT2D eigenvalue weighted by atomic mass is 16.5. The molecule has 0 aliphatic carbocycles. The van der Waals surface area contributed by atoms with Crippen molar-refractivity contribution >= 4 is 0 Å². The molecular weight excluding hydrogens is 268 g/mol. The van der Waals surface area contributed by atoms with Crippen molar-refractivity contribution in [3.05, 3.63) is 65.7 Å². The summed E-state index contributed by atoms with van der Waals surface area (Å²) in [4.78, 5) is 0. The lowest BCUT2D eigenvalue weighted by Crippen LogP contribution is -2.01. The van der Waals surface area contributed by atoms with E-state index < -0.39 is 0 Å². The van der Waals surface area contributed by atoms with E-state index in [1.807, 2.05) is 6.07 Å². The SMILES string of the molecule is CCCC.CCCc1ccc(OCCc2ccccc2)cc1. The van der Waals surface area contributed by atoms with E-state index in [2.05, 4.69) is 69.3 Å². The van der Waals surface area contributed by atoms with Gasteiger partial charge < -0.3 is 4.74 Å². The minimum Gasteiger partial charge on any atom is -0.493 e. The number of hydrogen-bond donors (Lipinski definition) is 0. The number of rotatable bonds is 7. The molecule has 0 saturated carbocycles. The Morgan fingerprint density at radius 1 is 0.636 bits per heavy atom. The fourth-order valence-electron chi connectivity index (χ4n) is 1.97. The van der Waals surface area contributed by atoms with Gasteiger partial charge in [0.05, 0.1) is 6.61 Å². The second-order valence-corrected chi connectivity index (χ2v) is 5.48. The highest BCUT2D eigenvalue weighted by Gasteiger charge is 1.96. The van der Waals surface area contributed by atoms with Gasteiger partial charge in [-0.2, -0.15) is 0 Å². The minimum absolute atomic E-state index is 0.733. The molecule has 0 spiro atoms. The van der Waals surface area contributed by atoms with Gasteiger partial charge in [0.25, 0.3) is 0 Å². The average Bonchev–Trinajstić information content (AvgIpc) is 2.58. The molecule has 120 valence electrons. The second-order valence-electron chi connectivity index (χ2n) is 5.48. The van der Waals surface area contributed by atoms with Crippen LogP contribution in [0.4, 0.5) is 0 Å². The van der Waals surface area contributed by atoms with Gasteiger partial charge in [-0.15, -0.1) is 0 Å². The van der Waals surface area contributed by atoms with Crippen molar-refractivity contribution in [2.24, 2.45) is 0 Å². The van der Waals surface area contributed by atoms with Crippen LogP contribution in [0.3, 0.4) is 0 Å². The lowest BCUT2D eigenvalue weighted by atomic mass is 10.1. The molecule has 0 amide bonds. The van der Waals surface area contributed by atoms with Crippen molar-refractivity contribution in [1.82, 2.24) is 0 Å². The Balaban J connectivity index is 0.000000541. The Bertz CT molecular complexity index is 471. The summed E-state index contributed by atoms with van der Waals surface area (Å²) in [6.45, 7) is 7.29. The van der Waals surface area contributed by atoms with Gasteiger partial charge in [0, 0.05) is 6.42 Å². The van der Waals surface area contributed by atoms with Crippen LogP contribution in [-0.2, 0) is 12.8 Å². The lowest BCUT2D eigenvalue weighted by molar-refractivity contribution is 0.322. The topological polar surface area (TPSA) is 9.23 Å². The van der Waals surface area contributed by atoms with Crippen LogP contribution < -0.4 is 4.74 Å². The number of aryl methyl sites for hydroxylation is 1. The molecule has 2 aromatic carbocycles. The summed E-state index contributed by atoms with van der Waals surface area (Å²) in [6, 6.07) is 18.9. The quantitative estimate of drug-likeness (QED) is 0.603. The number of unbranched alkanes of at least 4 members (excludes halogenated alkanes) is 1. The van der Waals surface area contributed by atoms with Gasteiger partial charge in [-0.25, -0.2) is 0 Å². The predicted octanol–water partition coefficient (Wildman–Crippen LogP) is 6.07. The van der Waals surface area contributed by atoms with E-state index in [1.165, 1.54) is 30.4 Å². The van der Waals surface area contributed by atoms with Crippen molar-refractivity contribution in [3.8, 4) is 5.75 Å². The molecule has 22 heavy (non-hydrogen) atoms. The standard InChI is InChI=1S/C17H20O.C4H10/c1-2-6-15-9-11-17(12-10-15)18-14-13-16-7-4-3-5-8-16;1-3-4-2/h3-5,7-12H,2,6,13-14H2,1H3;3-4H2,1-2H3. The van der Waals surface area contributed by atoms with Crippen LogP contribution in [0.15, 0.2) is 54.6 Å². The molecule has 0 radical (unpaired) electrons. The summed E-state index contributed by atoms with van der Waals surface area (Å²) in [5.41, 5.74) is 2.70. The van der Waals surface area contributed by atoms with Gasteiger partial charge in [0.2, 0.25) is 0 Å². The minimum atomic E-state index is 0.733. The smallest absolute Gasteiger partial charge is 0.119 e. The Morgan fingerprint density at radius 2 is 1.23 bits per heavy atom. The molecule has 0 fully saturated rings. The van der Waals surface area contributed by atoms with Crippen molar-refractivity contribution in [3.63, 3.8) is 0 Å². The molecule has 0 atom stereocenters. The van der Waals surface area contributed by atoms with Crippen LogP contribution in [0.25, 0.3) is 0 Å². The first-order valence-electron chi connectivity index (χ1n) is 8.55. The first-order valence-corrected chi connectivity index (χ1v) is 8.55. The molecule has 2 rings (SSSR count). The van der Waals surface area contributed by atoms with E-state index in [-0.39, 0.29) is 0 Å². The fraction of sp³-hybridized carbons (Fsp3) is 0.429. The molecule has 0 aliphatic rings. The van der Waals surface area contributed by atoms with Gasteiger partial charge in [-0.1, -0.05) is 82.5 Å². The number of benzene rings is 2. The first-order chi connectivity index (χ1) is 10.8. The van der Waals surface area contributed by atoms with Gasteiger partial charge in [-0.05, 0) is 29.7 Å². The molecular formula is C21H30O. The summed E-state index contributed by atoms with van der Waals surface area (Å²) in [7, 11) is 0. The van der Waals surface area contributed by atoms with Crippen LogP contribution in [0.2, 0.25) is 0 Å². The highest BCUT2D eigenvalue weighted by molar-refractivity contribution is 5.27. The number of ether oxygens (including phenoxy) is 1. The van der Waals surface area contributed by atoms with E-state index in [1.54, 1.807) is 0 Å². The van der Waals surface area contributed by atoms with Crippen molar-refractivity contribution in [2.75, 3.05) is 6.61 Å². The summed E-state index contributed by atoms with van der Waals surface area (Å²) >= 11 is 0. The van der Waals surface area contributed by atoms with E-state index in [4.69, 9.17) is 4.74 Å². The average molecular weight is 298 g/mol. The molecule has 0 unspecified atom stereocenters. The van der Waals surface area contributed by atoms with Gasteiger partial charge in [0.15, 0.2) is 0 Å². The summed E-state index contributed by atoms with van der Waals surface area (Å²) < 4.78 is 5.74. The van der Waals surface area contributed by atoms with Crippen molar-refractivity contribution in [1.29, 1.82) is 0 Å². The molecule has 0 aromatic heterocycles. The van der Waals surface area contributed by atoms with Crippen molar-refractivity contribution < 1.29 is 4.74 Å². The maximum atomic E-state index is 5.74. The molecule has 2 aromatic rings. The Kier molecular flexibility index (Phi) is 9.85. The van der Waals surface area contributed by atoms with Crippen molar-refractivity contribution in [2.45, 2.75) is 52.9 Å². The van der Waals surface area contributed by atoms with E-state index in [9.17, 15) is 0 Å². The molecule has 0 N–H and O–H groups in total. The summed E-state index contributed by atoms with van der Waals surface area (Å²) in [6.07, 6.45) is 5.93. The second kappa shape index (κ2) is 11.9. The molecule has 0 bridgehead atoms. The first kappa shape index (κ1) is 18.3. The van der Waals surface area contributed by atoms with E-state index >= 15 is 0 Å². The lowest BCUT2D eigenvalue weighted by Gasteiger charge is -2.07. The van der Waals surface area contributed by atoms with Gasteiger partial charge >= 0.3 is 0 Å². The monoisotopic (exact) mass is 298 g/mol. The summed E-state index contributed by atoms with van der Waals surface area (Å²) in [5.74, 6) is 0.964. The number of hydrogen-bond acceptors (Lipinski definition) is 1. The normalized spacial score (nSPS) is 9.77. The van der Waals surface area contributed by atoms with E-state index in [0.29, 0.717) is 0 Å². The predicted molar refractivity (Wildman–Crippen MR) is 96.7 cm³/mol. The van der Waals surface area contributed by atoms with Crippen LogP contribution >= 0.6 is 0 Å². The molecule has 0 saturated heterocycles. The zero-order valence-corrected chi connectivity index (χ0v) is 14.3. The summed E-state index contributed by atoms with van der Waals surface area (Å²) in [5, 5.41) is 0. The van der Waals surface area contributed by atoms with Crippen LogP contribution in [0.5, 0.6) is 5.75 Å². The van der Waals surface area contributed by atoms with Crippen LogP contribution in [0.1, 0.15) is 51.2 Å². The molecule has 1 nitrogen and oxygen atoms in total. The Labute approximate surface area is 136 Å². The highest BCUT2D eigenvalue weighted by Crippen LogP contribution is 2.13. The zero-order valence-electron chi connectivity index (χ0n) is 14.3. The van der Waals surface area contributed by atoms with Gasteiger partial charge in [0.1, 0.15) is 5.75 Å². The van der Waals surface area contributed by atoms with Crippen LogP contribution in [0, 0.1) is 0 Å². The molecule has 0 heterocycles. The largest absolute Gasteiger partial charge is 0.493 e. The third-order valence-electron chi connectivity index (χ3n) is 3.46. The molecule has 0 aliphatic heterocycles. The van der Waals surface area contributed by atoms with Gasteiger partial charge in [-0.3, -0.25) is 0 Å². The molecule has 1 heteroatoms.